The Morgan fingerprint density at radius 3 is 2.67 bits per heavy atom. The average Bonchev–Trinajstić information content (AvgIpc) is 2.74. The fourth-order valence-corrected chi connectivity index (χ4v) is 1.74. The van der Waals surface area contributed by atoms with E-state index in [-0.39, 0.29) is 0 Å². The molecular formula is C13H15NO. The zero-order valence-corrected chi connectivity index (χ0v) is 8.99. The fourth-order valence-electron chi connectivity index (χ4n) is 1.74. The first-order valence-electron chi connectivity index (χ1n) is 5.07. The fraction of sp³-hybridized carbons (Fsp3) is 0.231. The summed E-state index contributed by atoms with van der Waals surface area (Å²) in [5.74, 6) is 0. The maximum atomic E-state index is 10.2. The predicted molar refractivity (Wildman–Crippen MR) is 60.8 cm³/mol. The summed E-state index contributed by atoms with van der Waals surface area (Å²) in [4.78, 5) is 3.03. The van der Waals surface area contributed by atoms with Crippen molar-refractivity contribution in [1.82, 2.24) is 4.98 Å². The summed E-state index contributed by atoms with van der Waals surface area (Å²) in [6.07, 6.45) is 1.27. The monoisotopic (exact) mass is 201 g/mol. The van der Waals surface area contributed by atoms with Gasteiger partial charge in [0.15, 0.2) is 0 Å². The number of aryl methyl sites for hydroxylation is 2. The van der Waals surface area contributed by atoms with Crippen molar-refractivity contribution in [3.8, 4) is 0 Å². The molecule has 0 spiro atoms. The number of hydrogen-bond donors (Lipinski definition) is 2. The lowest BCUT2D eigenvalue weighted by atomic mass is 9.99. The molecule has 0 aliphatic rings. The maximum absolute atomic E-state index is 10.2. The summed E-state index contributed by atoms with van der Waals surface area (Å²) in [6.45, 7) is 4.05. The highest BCUT2D eigenvalue weighted by molar-refractivity contribution is 5.35. The normalized spacial score (nSPS) is 12.7. The van der Waals surface area contributed by atoms with Crippen LogP contribution in [0.1, 0.15) is 28.5 Å². The van der Waals surface area contributed by atoms with E-state index in [1.165, 1.54) is 5.56 Å². The molecule has 0 bridgehead atoms. The molecule has 0 amide bonds. The van der Waals surface area contributed by atoms with Gasteiger partial charge in [-0.25, -0.2) is 0 Å². The molecule has 1 aromatic heterocycles. The van der Waals surface area contributed by atoms with Gasteiger partial charge in [0.1, 0.15) is 6.10 Å². The number of aliphatic hydroxyl groups is 1. The molecule has 2 aromatic rings. The summed E-state index contributed by atoms with van der Waals surface area (Å²) in [5, 5.41) is 10.2. The number of H-pyrrole nitrogens is 1. The third-order valence-corrected chi connectivity index (χ3v) is 2.65. The van der Waals surface area contributed by atoms with Crippen LogP contribution < -0.4 is 0 Å². The van der Waals surface area contributed by atoms with Crippen LogP contribution >= 0.6 is 0 Å². The quantitative estimate of drug-likeness (QED) is 0.770. The summed E-state index contributed by atoms with van der Waals surface area (Å²) in [5.41, 5.74) is 4.09. The Morgan fingerprint density at radius 2 is 2.00 bits per heavy atom. The molecule has 0 fully saturated rings. The second-order valence-corrected chi connectivity index (χ2v) is 3.89. The lowest BCUT2D eigenvalue weighted by Gasteiger charge is -2.13. The van der Waals surface area contributed by atoms with Gasteiger partial charge in [-0.15, -0.1) is 0 Å². The molecule has 1 heterocycles. The Bertz CT molecular complexity index is 446. The molecule has 2 N–H and O–H groups in total. The Hall–Kier alpha value is -1.54. The number of hydrogen-bond acceptors (Lipinski definition) is 1. The number of benzene rings is 1. The topological polar surface area (TPSA) is 36.0 Å². The molecule has 1 unspecified atom stereocenters. The van der Waals surface area contributed by atoms with Crippen molar-refractivity contribution in [2.24, 2.45) is 0 Å². The molecule has 1 aromatic carbocycles. The molecule has 0 aliphatic carbocycles. The van der Waals surface area contributed by atoms with Gasteiger partial charge in [0.05, 0.1) is 0 Å². The molecule has 15 heavy (non-hydrogen) atoms. The molecule has 2 nitrogen and oxygen atoms in total. The molecule has 1 atom stereocenters. The van der Waals surface area contributed by atoms with E-state index >= 15 is 0 Å². The zero-order chi connectivity index (χ0) is 10.8. The van der Waals surface area contributed by atoms with Gasteiger partial charge in [-0.05, 0) is 37.1 Å². The lowest BCUT2D eigenvalue weighted by molar-refractivity contribution is 0.215. The van der Waals surface area contributed by atoms with E-state index in [4.69, 9.17) is 0 Å². The van der Waals surface area contributed by atoms with Gasteiger partial charge in [0.25, 0.3) is 0 Å². The van der Waals surface area contributed by atoms with Crippen LogP contribution in [0.4, 0.5) is 0 Å². The van der Waals surface area contributed by atoms with Crippen molar-refractivity contribution >= 4 is 0 Å². The van der Waals surface area contributed by atoms with Gasteiger partial charge < -0.3 is 10.1 Å². The van der Waals surface area contributed by atoms with Gasteiger partial charge in [0.2, 0.25) is 0 Å². The van der Waals surface area contributed by atoms with Crippen LogP contribution in [0.2, 0.25) is 0 Å². The van der Waals surface area contributed by atoms with Gasteiger partial charge in [0, 0.05) is 11.9 Å². The van der Waals surface area contributed by atoms with Crippen molar-refractivity contribution in [1.29, 1.82) is 0 Å². The van der Waals surface area contributed by atoms with Crippen LogP contribution in [0, 0.1) is 13.8 Å². The number of aromatic amines is 1. The Balaban J connectivity index is 2.41. The molecule has 0 aliphatic heterocycles. The van der Waals surface area contributed by atoms with Crippen LogP contribution in [0.3, 0.4) is 0 Å². The second kappa shape index (κ2) is 3.91. The van der Waals surface area contributed by atoms with E-state index in [0.717, 1.165) is 16.8 Å². The first-order valence-corrected chi connectivity index (χ1v) is 5.07. The third-order valence-electron chi connectivity index (χ3n) is 2.65. The summed E-state index contributed by atoms with van der Waals surface area (Å²) < 4.78 is 0. The molecule has 0 saturated heterocycles. The Kier molecular flexibility index (Phi) is 2.60. The zero-order valence-electron chi connectivity index (χ0n) is 8.99. The van der Waals surface area contributed by atoms with Crippen molar-refractivity contribution in [2.45, 2.75) is 20.0 Å². The molecule has 78 valence electrons. The Morgan fingerprint density at radius 1 is 1.20 bits per heavy atom. The molecule has 0 radical (unpaired) electrons. The smallest absolute Gasteiger partial charge is 0.119 e. The van der Waals surface area contributed by atoms with E-state index in [0.29, 0.717) is 0 Å². The minimum atomic E-state index is -0.556. The highest BCUT2D eigenvalue weighted by atomic mass is 16.3. The van der Waals surface area contributed by atoms with E-state index in [2.05, 4.69) is 11.1 Å². The van der Waals surface area contributed by atoms with Crippen LogP contribution in [0.15, 0.2) is 36.5 Å². The summed E-state index contributed by atoms with van der Waals surface area (Å²) >= 11 is 0. The second-order valence-electron chi connectivity index (χ2n) is 3.89. The summed E-state index contributed by atoms with van der Waals surface area (Å²) in [6, 6.07) is 9.91. The highest BCUT2D eigenvalue weighted by Gasteiger charge is 2.13. The van der Waals surface area contributed by atoms with Crippen molar-refractivity contribution in [3.63, 3.8) is 0 Å². The number of aromatic nitrogens is 1. The van der Waals surface area contributed by atoms with Gasteiger partial charge >= 0.3 is 0 Å². The first-order chi connectivity index (χ1) is 7.18. The number of aliphatic hydroxyl groups excluding tert-OH is 1. The average molecular weight is 201 g/mol. The van der Waals surface area contributed by atoms with E-state index < -0.39 is 6.10 Å². The van der Waals surface area contributed by atoms with Gasteiger partial charge in [-0.2, -0.15) is 0 Å². The maximum Gasteiger partial charge on any atom is 0.119 e. The van der Waals surface area contributed by atoms with Crippen LogP contribution in [-0.2, 0) is 0 Å². The van der Waals surface area contributed by atoms with Crippen LogP contribution in [0.25, 0.3) is 0 Å². The number of rotatable bonds is 2. The standard InChI is InChI=1S/C13H15NO/c1-9-5-6-10(2)11(8-9)13(15)12-4-3-7-14-12/h3-8,13-15H,1-2H3. The third kappa shape index (κ3) is 1.95. The lowest BCUT2D eigenvalue weighted by Crippen LogP contribution is -2.02. The van der Waals surface area contributed by atoms with Crippen molar-refractivity contribution in [3.05, 3.63) is 58.9 Å². The first kappa shape index (κ1) is 9.99. The highest BCUT2D eigenvalue weighted by Crippen LogP contribution is 2.24. The van der Waals surface area contributed by atoms with Gasteiger partial charge in [-0.3, -0.25) is 0 Å². The number of nitrogens with one attached hydrogen (secondary N) is 1. The summed E-state index contributed by atoms with van der Waals surface area (Å²) in [7, 11) is 0. The molecular weight excluding hydrogens is 186 g/mol. The molecule has 2 rings (SSSR count). The van der Waals surface area contributed by atoms with Crippen molar-refractivity contribution in [2.75, 3.05) is 0 Å². The predicted octanol–water partition coefficient (Wildman–Crippen LogP) is 2.71. The van der Waals surface area contributed by atoms with Crippen LogP contribution in [0.5, 0.6) is 0 Å². The van der Waals surface area contributed by atoms with Crippen LogP contribution in [-0.4, -0.2) is 10.1 Å². The van der Waals surface area contributed by atoms with E-state index in [1.807, 2.05) is 44.3 Å². The SMILES string of the molecule is Cc1ccc(C)c(C(O)c2ccc[nH]2)c1. The minimum absolute atomic E-state index is 0.556. The molecule has 2 heteroatoms. The van der Waals surface area contributed by atoms with Crippen molar-refractivity contribution < 1.29 is 5.11 Å². The largest absolute Gasteiger partial charge is 0.382 e. The van der Waals surface area contributed by atoms with E-state index in [9.17, 15) is 5.11 Å². The molecule has 0 saturated carbocycles. The van der Waals surface area contributed by atoms with Gasteiger partial charge in [-0.1, -0.05) is 23.8 Å². The Labute approximate surface area is 89.6 Å². The van der Waals surface area contributed by atoms with E-state index in [1.54, 1.807) is 0 Å². The minimum Gasteiger partial charge on any atom is -0.382 e.